The van der Waals surface area contributed by atoms with Gasteiger partial charge in [0.05, 0.1) is 12.1 Å². The lowest BCUT2D eigenvalue weighted by Gasteiger charge is -2.34. The van der Waals surface area contributed by atoms with Crippen LogP contribution in [-0.4, -0.2) is 65.6 Å². The van der Waals surface area contributed by atoms with Gasteiger partial charge in [-0.1, -0.05) is 6.42 Å². The molecule has 3 N–H and O–H groups in total. The van der Waals surface area contributed by atoms with E-state index in [9.17, 15) is 9.59 Å². The van der Waals surface area contributed by atoms with Crippen molar-refractivity contribution in [2.24, 2.45) is 0 Å². The Kier molecular flexibility index (Phi) is 6.85. The van der Waals surface area contributed by atoms with Crippen LogP contribution in [0.15, 0.2) is 0 Å². The molecule has 3 heterocycles. The molecule has 3 amide bonds. The van der Waals surface area contributed by atoms with Crippen LogP contribution >= 0.6 is 24.2 Å². The predicted molar refractivity (Wildman–Crippen MR) is 95.3 cm³/mol. The van der Waals surface area contributed by atoms with Crippen LogP contribution in [-0.2, 0) is 4.79 Å². The lowest BCUT2D eigenvalue weighted by molar-refractivity contribution is -0.134. The summed E-state index contributed by atoms with van der Waals surface area (Å²) >= 11 is 1.94. The third-order valence-corrected chi connectivity index (χ3v) is 6.40. The van der Waals surface area contributed by atoms with Gasteiger partial charge in [0.1, 0.15) is 0 Å². The van der Waals surface area contributed by atoms with Gasteiger partial charge >= 0.3 is 6.03 Å². The molecule has 0 spiro atoms. The van der Waals surface area contributed by atoms with Crippen LogP contribution in [0, 0.1) is 0 Å². The number of halogens is 1. The summed E-state index contributed by atoms with van der Waals surface area (Å²) < 4.78 is 0. The standard InChI is InChI=1S/C15H26N4O2S.ClH/c1-10-8-16-6-7-19(10)13(20)5-3-2-4-12-14-11(9-22-12)17-15(21)18-14;/h10-12,14,16H,2-9H2,1H3,(H2,17,18,21);1H/t10?,11-,12-,14-;/m0./s1. The second-order valence-electron chi connectivity index (χ2n) is 6.51. The van der Waals surface area contributed by atoms with Crippen molar-refractivity contribution in [3.8, 4) is 0 Å². The summed E-state index contributed by atoms with van der Waals surface area (Å²) in [6.45, 7) is 4.75. The largest absolute Gasteiger partial charge is 0.337 e. The summed E-state index contributed by atoms with van der Waals surface area (Å²) in [4.78, 5) is 25.6. The fourth-order valence-electron chi connectivity index (χ4n) is 3.62. The van der Waals surface area contributed by atoms with Crippen molar-refractivity contribution in [1.82, 2.24) is 20.9 Å². The molecule has 8 heteroatoms. The number of urea groups is 1. The average Bonchev–Trinajstić information content (AvgIpc) is 3.03. The summed E-state index contributed by atoms with van der Waals surface area (Å²) in [6, 6.07) is 0.863. The molecular formula is C15H27ClN4O2S. The highest BCUT2D eigenvalue weighted by Crippen LogP contribution is 2.33. The number of carbonyl (C=O) groups is 2. The zero-order chi connectivity index (χ0) is 15.5. The second kappa shape index (κ2) is 8.44. The number of carbonyl (C=O) groups excluding carboxylic acids is 2. The Morgan fingerprint density at radius 3 is 2.96 bits per heavy atom. The molecule has 3 fully saturated rings. The van der Waals surface area contributed by atoms with Crippen molar-refractivity contribution in [3.05, 3.63) is 0 Å². The molecule has 0 aromatic rings. The summed E-state index contributed by atoms with van der Waals surface area (Å²) in [7, 11) is 0. The number of piperazine rings is 1. The smallest absolute Gasteiger partial charge is 0.315 e. The maximum atomic E-state index is 12.3. The van der Waals surface area contributed by atoms with E-state index >= 15 is 0 Å². The molecule has 0 saturated carbocycles. The van der Waals surface area contributed by atoms with E-state index in [-0.39, 0.29) is 24.5 Å². The molecule has 3 aliphatic rings. The van der Waals surface area contributed by atoms with E-state index in [1.165, 1.54) is 0 Å². The Morgan fingerprint density at radius 1 is 1.35 bits per heavy atom. The van der Waals surface area contributed by atoms with Crippen LogP contribution in [0.25, 0.3) is 0 Å². The zero-order valence-electron chi connectivity index (χ0n) is 13.5. The van der Waals surface area contributed by atoms with E-state index < -0.39 is 0 Å². The van der Waals surface area contributed by atoms with Gasteiger partial charge in [-0.05, 0) is 19.8 Å². The fraction of sp³-hybridized carbons (Fsp3) is 0.867. The van der Waals surface area contributed by atoms with Gasteiger partial charge in [0, 0.05) is 43.1 Å². The number of fused-ring (bicyclic) bond motifs is 1. The predicted octanol–water partition coefficient (Wildman–Crippen LogP) is 0.954. The number of hydrogen-bond acceptors (Lipinski definition) is 4. The van der Waals surface area contributed by atoms with Gasteiger partial charge in [-0.25, -0.2) is 4.79 Å². The zero-order valence-corrected chi connectivity index (χ0v) is 15.2. The third-order valence-electron chi connectivity index (χ3n) is 4.89. The van der Waals surface area contributed by atoms with Crippen molar-refractivity contribution in [1.29, 1.82) is 0 Å². The van der Waals surface area contributed by atoms with Crippen molar-refractivity contribution in [3.63, 3.8) is 0 Å². The normalized spacial score (nSPS) is 32.7. The van der Waals surface area contributed by atoms with Crippen molar-refractivity contribution in [2.45, 2.75) is 56.0 Å². The maximum Gasteiger partial charge on any atom is 0.315 e. The first-order valence-electron chi connectivity index (χ1n) is 8.34. The van der Waals surface area contributed by atoms with Crippen LogP contribution < -0.4 is 16.0 Å². The minimum atomic E-state index is -0.0248. The first-order chi connectivity index (χ1) is 10.6. The topological polar surface area (TPSA) is 73.5 Å². The van der Waals surface area contributed by atoms with E-state index in [0.29, 0.717) is 29.7 Å². The van der Waals surface area contributed by atoms with E-state index in [2.05, 4.69) is 22.9 Å². The number of nitrogens with one attached hydrogen (secondary N) is 3. The summed E-state index contributed by atoms with van der Waals surface area (Å²) in [5.74, 6) is 1.30. The summed E-state index contributed by atoms with van der Waals surface area (Å²) in [5.41, 5.74) is 0. The molecule has 0 aromatic heterocycles. The van der Waals surface area contributed by atoms with E-state index in [1.54, 1.807) is 0 Å². The van der Waals surface area contributed by atoms with Gasteiger partial charge in [-0.2, -0.15) is 11.8 Å². The second-order valence-corrected chi connectivity index (χ2v) is 7.78. The number of amides is 3. The SMILES string of the molecule is CC1CNCCN1C(=O)CCCC[C@@H]1SC[C@@H]2NC(=O)N[C@@H]21.Cl. The molecule has 0 bridgehead atoms. The third kappa shape index (κ3) is 4.45. The van der Waals surface area contributed by atoms with Crippen LogP contribution in [0.4, 0.5) is 4.79 Å². The highest BCUT2D eigenvalue weighted by Gasteiger charge is 2.42. The quantitative estimate of drug-likeness (QED) is 0.503. The number of unbranched alkanes of at least 4 members (excludes halogenated alkanes) is 1. The average molecular weight is 363 g/mol. The Labute approximate surface area is 148 Å². The molecule has 3 rings (SSSR count). The van der Waals surface area contributed by atoms with Crippen molar-refractivity contribution in [2.75, 3.05) is 25.4 Å². The minimum absolute atomic E-state index is 0. The molecule has 0 aliphatic carbocycles. The van der Waals surface area contributed by atoms with E-state index in [0.717, 1.165) is 44.6 Å². The molecule has 3 aliphatic heterocycles. The number of hydrogen-bond donors (Lipinski definition) is 3. The van der Waals surface area contributed by atoms with E-state index in [4.69, 9.17) is 0 Å². The van der Waals surface area contributed by atoms with Gasteiger partial charge in [-0.15, -0.1) is 12.4 Å². The Balaban J connectivity index is 0.00000192. The fourth-order valence-corrected chi connectivity index (χ4v) is 5.16. The van der Waals surface area contributed by atoms with Gasteiger partial charge in [-0.3, -0.25) is 4.79 Å². The maximum absolute atomic E-state index is 12.3. The molecule has 23 heavy (non-hydrogen) atoms. The lowest BCUT2D eigenvalue weighted by atomic mass is 10.0. The van der Waals surface area contributed by atoms with Gasteiger partial charge in [0.2, 0.25) is 5.91 Å². The monoisotopic (exact) mass is 362 g/mol. The number of nitrogens with zero attached hydrogens (tertiary/aromatic N) is 1. The van der Waals surface area contributed by atoms with Crippen LogP contribution in [0.5, 0.6) is 0 Å². The van der Waals surface area contributed by atoms with E-state index in [1.807, 2.05) is 16.7 Å². The van der Waals surface area contributed by atoms with Crippen molar-refractivity contribution < 1.29 is 9.59 Å². The first-order valence-corrected chi connectivity index (χ1v) is 9.39. The minimum Gasteiger partial charge on any atom is -0.337 e. The van der Waals surface area contributed by atoms with Crippen molar-refractivity contribution >= 4 is 36.1 Å². The molecule has 0 radical (unpaired) electrons. The molecule has 3 saturated heterocycles. The van der Waals surface area contributed by atoms with Crippen LogP contribution in [0.1, 0.15) is 32.6 Å². The van der Waals surface area contributed by atoms with Crippen LogP contribution in [0.2, 0.25) is 0 Å². The summed E-state index contributed by atoms with van der Waals surface area (Å²) in [5, 5.41) is 9.79. The van der Waals surface area contributed by atoms with Gasteiger partial charge < -0.3 is 20.9 Å². The first kappa shape index (κ1) is 18.7. The number of rotatable bonds is 5. The Morgan fingerprint density at radius 2 is 2.17 bits per heavy atom. The molecule has 6 nitrogen and oxygen atoms in total. The number of thioether (sulfide) groups is 1. The Hall–Kier alpha value is -0.660. The van der Waals surface area contributed by atoms with Gasteiger partial charge in [0.25, 0.3) is 0 Å². The molecular weight excluding hydrogens is 336 g/mol. The highest BCUT2D eigenvalue weighted by molar-refractivity contribution is 8.00. The Bertz CT molecular complexity index is 440. The molecule has 4 atom stereocenters. The van der Waals surface area contributed by atoms with Gasteiger partial charge in [0.15, 0.2) is 0 Å². The van der Waals surface area contributed by atoms with Crippen LogP contribution in [0.3, 0.4) is 0 Å². The lowest BCUT2D eigenvalue weighted by Crippen LogP contribution is -2.52. The molecule has 1 unspecified atom stereocenters. The summed E-state index contributed by atoms with van der Waals surface area (Å²) in [6.07, 6.45) is 3.74. The molecule has 132 valence electrons. The molecule has 0 aromatic carbocycles. The highest BCUT2D eigenvalue weighted by atomic mass is 35.5.